The maximum Gasteiger partial charge on any atom is 0.170 e. The minimum Gasteiger partial charge on any atom is -0.293 e. The zero-order valence-electron chi connectivity index (χ0n) is 16.8. The molecule has 3 atom stereocenters. The summed E-state index contributed by atoms with van der Waals surface area (Å²) in [7, 11) is 0. The van der Waals surface area contributed by atoms with Crippen molar-refractivity contribution < 1.29 is 4.79 Å². The second kappa shape index (κ2) is 8.65. The third-order valence-electron chi connectivity index (χ3n) is 5.78. The van der Waals surface area contributed by atoms with Crippen LogP contribution in [0.5, 0.6) is 0 Å². The zero-order chi connectivity index (χ0) is 18.6. The van der Waals surface area contributed by atoms with Crippen LogP contribution in [0.2, 0.25) is 0 Å². The molecule has 136 valence electrons. The Hall–Kier alpha value is -1.63. The van der Waals surface area contributed by atoms with Gasteiger partial charge < -0.3 is 0 Å². The summed E-state index contributed by atoms with van der Waals surface area (Å²) in [6.45, 7) is 13.4. The molecule has 1 aliphatic carbocycles. The van der Waals surface area contributed by atoms with Gasteiger partial charge >= 0.3 is 0 Å². The molecule has 1 aromatic rings. The highest BCUT2D eigenvalue weighted by Gasteiger charge is 2.31. The topological polar surface area (TPSA) is 17.1 Å². The lowest BCUT2D eigenvalue weighted by Gasteiger charge is -2.30. The van der Waals surface area contributed by atoms with E-state index in [9.17, 15) is 4.79 Å². The van der Waals surface area contributed by atoms with Crippen molar-refractivity contribution in [2.75, 3.05) is 0 Å². The molecule has 3 unspecified atom stereocenters. The van der Waals surface area contributed by atoms with E-state index in [0.717, 1.165) is 24.0 Å². The number of carbonyl (C=O) groups is 1. The van der Waals surface area contributed by atoms with Crippen LogP contribution < -0.4 is 0 Å². The smallest absolute Gasteiger partial charge is 0.170 e. The second-order valence-corrected chi connectivity index (χ2v) is 8.20. The fourth-order valence-electron chi connectivity index (χ4n) is 3.81. The summed E-state index contributed by atoms with van der Waals surface area (Å²) in [4.78, 5) is 13.6. The lowest BCUT2D eigenvalue weighted by molar-refractivity contribution is -0.117. The van der Waals surface area contributed by atoms with Crippen molar-refractivity contribution in [1.29, 1.82) is 0 Å². The fraction of sp³-hybridized carbons (Fsp3) is 0.542. The van der Waals surface area contributed by atoms with E-state index in [1.165, 1.54) is 5.57 Å². The Bertz CT molecular complexity index is 633. The summed E-state index contributed by atoms with van der Waals surface area (Å²) in [6, 6.07) is 10.3. The molecule has 0 aromatic heterocycles. The number of carbonyl (C=O) groups excluding carboxylic acids is 1. The molecule has 0 saturated carbocycles. The summed E-state index contributed by atoms with van der Waals surface area (Å²) < 4.78 is 0. The van der Waals surface area contributed by atoms with E-state index in [2.05, 4.69) is 65.8 Å². The Labute approximate surface area is 154 Å². The Balaban J connectivity index is 2.43. The minimum absolute atomic E-state index is 0.0461. The average Bonchev–Trinajstić information content (AvgIpc) is 2.61. The highest BCUT2D eigenvalue weighted by Crippen LogP contribution is 2.38. The van der Waals surface area contributed by atoms with Crippen molar-refractivity contribution in [2.45, 2.75) is 60.3 Å². The van der Waals surface area contributed by atoms with Crippen LogP contribution in [-0.4, -0.2) is 5.78 Å². The molecule has 0 bridgehead atoms. The molecule has 1 aromatic carbocycles. The van der Waals surface area contributed by atoms with E-state index in [4.69, 9.17) is 0 Å². The Morgan fingerprint density at radius 1 is 1.08 bits per heavy atom. The highest BCUT2D eigenvalue weighted by atomic mass is 16.1. The van der Waals surface area contributed by atoms with Gasteiger partial charge in [-0.1, -0.05) is 96.0 Å². The summed E-state index contributed by atoms with van der Waals surface area (Å²) in [6.07, 6.45) is 6.43. The Kier molecular flexibility index (Phi) is 6.81. The molecule has 0 amide bonds. The molecular weight excluding hydrogens is 304 g/mol. The van der Waals surface area contributed by atoms with E-state index < -0.39 is 0 Å². The first-order valence-electron chi connectivity index (χ1n) is 9.87. The third kappa shape index (κ3) is 4.51. The lowest BCUT2D eigenvalue weighted by atomic mass is 9.73. The van der Waals surface area contributed by atoms with Gasteiger partial charge in [-0.15, -0.1) is 0 Å². The van der Waals surface area contributed by atoms with Gasteiger partial charge in [0, 0.05) is 11.5 Å². The van der Waals surface area contributed by atoms with Crippen molar-refractivity contribution in [3.05, 3.63) is 59.2 Å². The third-order valence-corrected chi connectivity index (χ3v) is 5.78. The number of allylic oxidation sites excluding steroid dienone is 4. The van der Waals surface area contributed by atoms with Gasteiger partial charge in [-0.05, 0) is 35.7 Å². The van der Waals surface area contributed by atoms with Crippen LogP contribution in [0.4, 0.5) is 0 Å². The first-order chi connectivity index (χ1) is 11.9. The first-order valence-corrected chi connectivity index (χ1v) is 9.87. The number of benzene rings is 1. The quantitative estimate of drug-likeness (QED) is 0.549. The summed E-state index contributed by atoms with van der Waals surface area (Å²) in [5.41, 5.74) is 3.47. The van der Waals surface area contributed by atoms with Gasteiger partial charge in [0.25, 0.3) is 0 Å². The van der Waals surface area contributed by atoms with Gasteiger partial charge in [0.2, 0.25) is 0 Å². The van der Waals surface area contributed by atoms with Crippen LogP contribution in [0.25, 0.3) is 0 Å². The molecule has 0 heterocycles. The van der Waals surface area contributed by atoms with E-state index in [1.807, 2.05) is 18.2 Å². The van der Waals surface area contributed by atoms with E-state index in [-0.39, 0.29) is 5.92 Å². The summed E-state index contributed by atoms with van der Waals surface area (Å²) >= 11 is 0. The molecular formula is C24H34O. The Morgan fingerprint density at radius 2 is 1.72 bits per heavy atom. The van der Waals surface area contributed by atoms with Crippen LogP contribution in [-0.2, 0) is 4.79 Å². The van der Waals surface area contributed by atoms with Crippen LogP contribution in [0, 0.1) is 23.7 Å². The molecule has 1 heteroatoms. The number of ketones is 1. The van der Waals surface area contributed by atoms with Crippen LogP contribution in [0.1, 0.15) is 65.9 Å². The average molecular weight is 339 g/mol. The van der Waals surface area contributed by atoms with E-state index >= 15 is 0 Å². The number of hydrogen-bond donors (Lipinski definition) is 0. The fourth-order valence-corrected chi connectivity index (χ4v) is 3.81. The number of hydrogen-bond acceptors (Lipinski definition) is 1. The normalized spacial score (nSPS) is 20.2. The molecule has 0 N–H and O–H groups in total. The maximum atomic E-state index is 13.6. The van der Waals surface area contributed by atoms with Gasteiger partial charge in [0.05, 0.1) is 0 Å². The predicted octanol–water partition coefficient (Wildman–Crippen LogP) is 6.57. The number of Topliss-reactive ketones (excluding diaryl/α,β-unsaturated/α-hetero) is 1. The molecule has 0 saturated heterocycles. The van der Waals surface area contributed by atoms with Crippen molar-refractivity contribution in [2.24, 2.45) is 23.7 Å². The molecule has 1 aliphatic rings. The number of rotatable bonds is 7. The highest BCUT2D eigenvalue weighted by molar-refractivity contribution is 6.03. The molecule has 0 aliphatic heterocycles. The van der Waals surface area contributed by atoms with Gasteiger partial charge in [-0.3, -0.25) is 4.79 Å². The predicted molar refractivity (Wildman–Crippen MR) is 108 cm³/mol. The molecule has 2 rings (SSSR count). The monoisotopic (exact) mass is 338 g/mol. The van der Waals surface area contributed by atoms with Crippen molar-refractivity contribution in [1.82, 2.24) is 0 Å². The van der Waals surface area contributed by atoms with Gasteiger partial charge in [-0.2, -0.15) is 0 Å². The van der Waals surface area contributed by atoms with Crippen molar-refractivity contribution in [3.63, 3.8) is 0 Å². The SMILES string of the molecule is CCC(C)C(C(=O)C1=C(C(C)C)CC(C(C)C)C=C1)c1ccccc1. The van der Waals surface area contributed by atoms with Crippen molar-refractivity contribution in [3.8, 4) is 0 Å². The standard InChI is InChI=1S/C24H34O/c1-7-18(6)23(19-11-9-8-10-12-19)24(25)21-14-13-20(16(2)3)15-22(21)17(4)5/h8-14,16-18,20,23H,7,15H2,1-6H3. The summed E-state index contributed by atoms with van der Waals surface area (Å²) in [5, 5.41) is 0. The van der Waals surface area contributed by atoms with E-state index in [1.54, 1.807) is 0 Å². The first kappa shape index (κ1) is 19.7. The van der Waals surface area contributed by atoms with Crippen LogP contribution in [0.15, 0.2) is 53.6 Å². The van der Waals surface area contributed by atoms with Crippen LogP contribution in [0.3, 0.4) is 0 Å². The Morgan fingerprint density at radius 3 is 2.24 bits per heavy atom. The van der Waals surface area contributed by atoms with Gasteiger partial charge in [-0.25, -0.2) is 0 Å². The molecule has 0 fully saturated rings. The van der Waals surface area contributed by atoms with Crippen molar-refractivity contribution >= 4 is 5.78 Å². The van der Waals surface area contributed by atoms with Crippen LogP contribution >= 0.6 is 0 Å². The van der Waals surface area contributed by atoms with Gasteiger partial charge in [0.1, 0.15) is 0 Å². The minimum atomic E-state index is -0.0461. The molecule has 0 spiro atoms. The molecule has 1 nitrogen and oxygen atoms in total. The largest absolute Gasteiger partial charge is 0.293 e. The molecule has 25 heavy (non-hydrogen) atoms. The van der Waals surface area contributed by atoms with Gasteiger partial charge in [0.15, 0.2) is 5.78 Å². The molecule has 0 radical (unpaired) electrons. The summed E-state index contributed by atoms with van der Waals surface area (Å²) in [5.74, 6) is 2.18. The second-order valence-electron chi connectivity index (χ2n) is 8.20. The zero-order valence-corrected chi connectivity index (χ0v) is 16.8. The van der Waals surface area contributed by atoms with E-state index in [0.29, 0.717) is 29.5 Å². The maximum absolute atomic E-state index is 13.6. The lowest BCUT2D eigenvalue weighted by Crippen LogP contribution is -2.25.